The highest BCUT2D eigenvalue weighted by molar-refractivity contribution is 5.81. The molecule has 0 radical (unpaired) electrons. The van der Waals surface area contributed by atoms with Crippen molar-refractivity contribution >= 4 is 11.0 Å². The first-order chi connectivity index (χ1) is 9.29. The molecular formula is C16H13NO2. The second kappa shape index (κ2) is 4.61. The predicted octanol–water partition coefficient (Wildman–Crippen LogP) is 3.70. The van der Waals surface area contributed by atoms with Crippen molar-refractivity contribution < 1.29 is 9.62 Å². The van der Waals surface area contributed by atoms with Crippen LogP contribution >= 0.6 is 0 Å². The van der Waals surface area contributed by atoms with Gasteiger partial charge in [0.2, 0.25) is 0 Å². The largest absolute Gasteiger partial charge is 0.464 e. The van der Waals surface area contributed by atoms with E-state index in [1.807, 2.05) is 55.5 Å². The summed E-state index contributed by atoms with van der Waals surface area (Å²) in [6, 6.07) is 15.6. The Labute approximate surface area is 110 Å². The van der Waals surface area contributed by atoms with Crippen LogP contribution in [0.5, 0.6) is 0 Å². The van der Waals surface area contributed by atoms with Crippen LogP contribution in [-0.2, 0) is 0 Å². The van der Waals surface area contributed by atoms with E-state index in [1.54, 1.807) is 6.26 Å². The van der Waals surface area contributed by atoms with E-state index in [9.17, 15) is 5.21 Å². The molecule has 0 unspecified atom stereocenters. The molecule has 3 aromatic rings. The fraction of sp³-hybridized carbons (Fsp3) is 0.0625. The van der Waals surface area contributed by atoms with Gasteiger partial charge in [0.1, 0.15) is 17.2 Å². The first-order valence-electron chi connectivity index (χ1n) is 6.05. The van der Waals surface area contributed by atoms with Crippen molar-refractivity contribution in [3.63, 3.8) is 0 Å². The zero-order valence-corrected chi connectivity index (χ0v) is 10.5. The first kappa shape index (κ1) is 11.5. The minimum atomic E-state index is 0.538. The molecule has 0 aliphatic carbocycles. The zero-order valence-electron chi connectivity index (χ0n) is 10.5. The predicted molar refractivity (Wildman–Crippen MR) is 73.7 cm³/mol. The van der Waals surface area contributed by atoms with Gasteiger partial charge >= 0.3 is 0 Å². The topological polar surface area (TPSA) is 45.7 Å². The van der Waals surface area contributed by atoms with E-state index in [2.05, 4.69) is 5.16 Å². The molecule has 0 saturated carbocycles. The van der Waals surface area contributed by atoms with Gasteiger partial charge in [-0.05, 0) is 24.6 Å². The number of nitrogens with zero attached hydrogens (tertiary/aromatic N) is 1. The lowest BCUT2D eigenvalue weighted by atomic mass is 10.0. The SMILES string of the molecule is Cc1ccc2occ(-c3ccccc3)c(=NO)c2c1. The van der Waals surface area contributed by atoms with Crippen LogP contribution in [0.1, 0.15) is 5.56 Å². The van der Waals surface area contributed by atoms with Crippen LogP contribution in [0.3, 0.4) is 0 Å². The van der Waals surface area contributed by atoms with Gasteiger partial charge in [-0.25, -0.2) is 0 Å². The van der Waals surface area contributed by atoms with E-state index in [0.717, 1.165) is 22.1 Å². The molecule has 0 aliphatic heterocycles. The van der Waals surface area contributed by atoms with Crippen LogP contribution in [0.4, 0.5) is 0 Å². The van der Waals surface area contributed by atoms with Crippen LogP contribution < -0.4 is 5.36 Å². The Hall–Kier alpha value is -2.55. The summed E-state index contributed by atoms with van der Waals surface area (Å²) in [4.78, 5) is 0. The Balaban J connectivity index is 2.39. The summed E-state index contributed by atoms with van der Waals surface area (Å²) in [6.07, 6.45) is 1.63. The Morgan fingerprint density at radius 2 is 1.84 bits per heavy atom. The summed E-state index contributed by atoms with van der Waals surface area (Å²) in [6.45, 7) is 2.00. The third kappa shape index (κ3) is 1.99. The lowest BCUT2D eigenvalue weighted by molar-refractivity contribution is 0.303. The van der Waals surface area contributed by atoms with Crippen molar-refractivity contribution in [2.45, 2.75) is 6.92 Å². The molecule has 3 rings (SSSR count). The minimum absolute atomic E-state index is 0.538. The molecule has 3 nitrogen and oxygen atoms in total. The Morgan fingerprint density at radius 3 is 2.58 bits per heavy atom. The van der Waals surface area contributed by atoms with Crippen molar-refractivity contribution in [1.29, 1.82) is 0 Å². The highest BCUT2D eigenvalue weighted by Crippen LogP contribution is 2.20. The van der Waals surface area contributed by atoms with Crippen LogP contribution in [0, 0.1) is 6.92 Å². The maximum atomic E-state index is 9.35. The summed E-state index contributed by atoms with van der Waals surface area (Å²) in [7, 11) is 0. The van der Waals surface area contributed by atoms with Crippen molar-refractivity contribution in [3.05, 3.63) is 65.7 Å². The summed E-state index contributed by atoms with van der Waals surface area (Å²) < 4.78 is 5.62. The third-order valence-electron chi connectivity index (χ3n) is 3.13. The average Bonchev–Trinajstić information content (AvgIpc) is 2.46. The van der Waals surface area contributed by atoms with E-state index >= 15 is 0 Å². The summed E-state index contributed by atoms with van der Waals surface area (Å²) in [5.41, 5.74) is 3.54. The fourth-order valence-electron chi connectivity index (χ4n) is 2.19. The van der Waals surface area contributed by atoms with Crippen molar-refractivity contribution in [2.24, 2.45) is 5.16 Å². The van der Waals surface area contributed by atoms with Gasteiger partial charge in [0, 0.05) is 10.9 Å². The molecule has 0 fully saturated rings. The Kier molecular flexibility index (Phi) is 2.80. The van der Waals surface area contributed by atoms with E-state index in [4.69, 9.17) is 4.42 Å². The van der Waals surface area contributed by atoms with Crippen LogP contribution in [0.25, 0.3) is 22.1 Å². The summed E-state index contributed by atoms with van der Waals surface area (Å²) >= 11 is 0. The second-order valence-electron chi connectivity index (χ2n) is 4.46. The molecule has 1 N–H and O–H groups in total. The molecule has 94 valence electrons. The van der Waals surface area contributed by atoms with Gasteiger partial charge in [0.25, 0.3) is 0 Å². The monoisotopic (exact) mass is 251 g/mol. The van der Waals surface area contributed by atoms with Crippen LogP contribution in [0.2, 0.25) is 0 Å². The molecule has 0 atom stereocenters. The lowest BCUT2D eigenvalue weighted by Gasteiger charge is -2.05. The van der Waals surface area contributed by atoms with Gasteiger partial charge in [-0.2, -0.15) is 0 Å². The van der Waals surface area contributed by atoms with Gasteiger partial charge in [0.15, 0.2) is 0 Å². The van der Waals surface area contributed by atoms with Gasteiger partial charge in [-0.3, -0.25) is 0 Å². The van der Waals surface area contributed by atoms with Gasteiger partial charge in [-0.1, -0.05) is 47.1 Å². The van der Waals surface area contributed by atoms with E-state index in [-0.39, 0.29) is 0 Å². The molecule has 19 heavy (non-hydrogen) atoms. The second-order valence-corrected chi connectivity index (χ2v) is 4.46. The van der Waals surface area contributed by atoms with Crippen molar-refractivity contribution in [1.82, 2.24) is 0 Å². The molecule has 1 heterocycles. The minimum Gasteiger partial charge on any atom is -0.464 e. The number of rotatable bonds is 1. The van der Waals surface area contributed by atoms with Crippen LogP contribution in [0.15, 0.2) is 64.4 Å². The number of hydrogen-bond donors (Lipinski definition) is 1. The zero-order chi connectivity index (χ0) is 13.2. The fourth-order valence-corrected chi connectivity index (χ4v) is 2.19. The smallest absolute Gasteiger partial charge is 0.136 e. The molecule has 0 bridgehead atoms. The molecule has 3 heteroatoms. The Bertz CT molecular complexity index is 789. The number of aryl methyl sites for hydroxylation is 1. The van der Waals surface area contributed by atoms with Gasteiger partial charge in [0.05, 0.1) is 0 Å². The molecule has 0 saturated heterocycles. The molecule has 0 aliphatic rings. The van der Waals surface area contributed by atoms with Gasteiger partial charge < -0.3 is 9.62 Å². The summed E-state index contributed by atoms with van der Waals surface area (Å²) in [5.74, 6) is 0. The Morgan fingerprint density at radius 1 is 1.05 bits per heavy atom. The highest BCUT2D eigenvalue weighted by atomic mass is 16.4. The van der Waals surface area contributed by atoms with Crippen LogP contribution in [-0.4, -0.2) is 5.21 Å². The molecule has 0 spiro atoms. The van der Waals surface area contributed by atoms with Crippen molar-refractivity contribution in [3.8, 4) is 11.1 Å². The molecular weight excluding hydrogens is 238 g/mol. The quantitative estimate of drug-likeness (QED) is 0.529. The average molecular weight is 251 g/mol. The van der Waals surface area contributed by atoms with Gasteiger partial charge in [-0.15, -0.1) is 0 Å². The number of fused-ring (bicyclic) bond motifs is 1. The maximum absolute atomic E-state index is 9.35. The van der Waals surface area contributed by atoms with E-state index < -0.39 is 0 Å². The number of benzene rings is 2. The lowest BCUT2D eigenvalue weighted by Crippen LogP contribution is -2.07. The number of hydrogen-bond acceptors (Lipinski definition) is 3. The standard InChI is InChI=1S/C16H13NO2/c1-11-7-8-15-13(9-11)16(17-18)14(10-19-15)12-5-3-2-4-6-12/h2-10,18H,1H3. The molecule has 2 aromatic carbocycles. The van der Waals surface area contributed by atoms with E-state index in [1.165, 1.54) is 0 Å². The molecule has 0 amide bonds. The summed E-state index contributed by atoms with van der Waals surface area (Å²) in [5, 5.41) is 14.2. The van der Waals surface area contributed by atoms with E-state index in [0.29, 0.717) is 10.9 Å². The molecule has 1 aromatic heterocycles. The third-order valence-corrected chi connectivity index (χ3v) is 3.13. The van der Waals surface area contributed by atoms with Crippen molar-refractivity contribution in [2.75, 3.05) is 0 Å². The first-order valence-corrected chi connectivity index (χ1v) is 6.05. The normalized spacial score (nSPS) is 11.9. The maximum Gasteiger partial charge on any atom is 0.136 e. The highest BCUT2D eigenvalue weighted by Gasteiger charge is 2.07.